The number of carbonyl (C=O) groups excluding carboxylic acids is 2. The van der Waals surface area contributed by atoms with Crippen LogP contribution in [0.3, 0.4) is 0 Å². The van der Waals surface area contributed by atoms with E-state index in [0.29, 0.717) is 12.3 Å². The fourth-order valence-corrected chi connectivity index (χ4v) is 7.98. The van der Waals surface area contributed by atoms with Crippen LogP contribution in [0.4, 0.5) is 13.2 Å². The summed E-state index contributed by atoms with van der Waals surface area (Å²) in [4.78, 5) is 28.7. The van der Waals surface area contributed by atoms with Gasteiger partial charge >= 0.3 is 6.18 Å². The molecule has 2 unspecified atom stereocenters. The van der Waals surface area contributed by atoms with Crippen LogP contribution in [0.1, 0.15) is 136 Å². The topological polar surface area (TPSA) is 61.2 Å². The normalized spacial score (nSPS) is 22.0. The van der Waals surface area contributed by atoms with E-state index in [1.807, 2.05) is 13.1 Å². The van der Waals surface area contributed by atoms with Crippen LogP contribution >= 0.6 is 0 Å². The van der Waals surface area contributed by atoms with Crippen molar-refractivity contribution >= 4 is 17.9 Å². The molecule has 1 aromatic carbocycles. The second kappa shape index (κ2) is 17.8. The first-order chi connectivity index (χ1) is 23.0. The molecule has 4 nitrogen and oxygen atoms in total. The molecule has 0 radical (unpaired) electrons. The van der Waals surface area contributed by atoms with Gasteiger partial charge in [0.2, 0.25) is 0 Å². The zero-order valence-electron chi connectivity index (χ0n) is 31.0. The number of hydrogen-bond acceptors (Lipinski definition) is 3. The van der Waals surface area contributed by atoms with E-state index in [1.165, 1.54) is 23.9 Å². The summed E-state index contributed by atoms with van der Waals surface area (Å²) in [6, 6.07) is 8.57. The summed E-state index contributed by atoms with van der Waals surface area (Å²) in [7, 11) is 1.87. The van der Waals surface area contributed by atoms with Crippen LogP contribution < -0.4 is 0 Å². The van der Waals surface area contributed by atoms with E-state index in [9.17, 15) is 22.8 Å². The maximum absolute atomic E-state index is 13.6. The first-order valence-corrected chi connectivity index (χ1v) is 18.5. The SMILES string of the molecule is C=C(N(C)C=N)C1(c2cccc(CCCCC(=O)/C3=C/C(C(C)CCCCCC(C)C)=C\CC(CC(F)(F)F)CCC3=O)c2)CC(C)(C)C1. The highest BCUT2D eigenvalue weighted by molar-refractivity contribution is 6.20. The summed E-state index contributed by atoms with van der Waals surface area (Å²) in [5.74, 6) is -0.476. The molecular weight excluding hydrogens is 621 g/mol. The number of hydrogen-bond donors (Lipinski definition) is 1. The molecule has 272 valence electrons. The summed E-state index contributed by atoms with van der Waals surface area (Å²) in [6.45, 7) is 15.4. The Morgan fingerprint density at radius 3 is 2.41 bits per heavy atom. The Morgan fingerprint density at radius 2 is 1.78 bits per heavy atom. The van der Waals surface area contributed by atoms with E-state index in [1.54, 1.807) is 11.0 Å². The molecule has 1 saturated carbocycles. The van der Waals surface area contributed by atoms with Crippen molar-refractivity contribution in [1.29, 1.82) is 5.41 Å². The number of halogens is 3. The lowest BCUT2D eigenvalue weighted by Gasteiger charge is -2.56. The van der Waals surface area contributed by atoms with Crippen molar-refractivity contribution in [2.75, 3.05) is 7.05 Å². The van der Waals surface area contributed by atoms with Gasteiger partial charge in [0.15, 0.2) is 11.6 Å². The molecule has 1 N–H and O–H groups in total. The maximum Gasteiger partial charge on any atom is 0.389 e. The van der Waals surface area contributed by atoms with Gasteiger partial charge in [0.1, 0.15) is 0 Å². The number of alkyl halides is 3. The van der Waals surface area contributed by atoms with Gasteiger partial charge in [0, 0.05) is 37.4 Å². The molecule has 0 heterocycles. The zero-order chi connectivity index (χ0) is 36.4. The summed E-state index contributed by atoms with van der Waals surface area (Å²) in [5, 5.41) is 7.76. The van der Waals surface area contributed by atoms with Crippen LogP contribution in [0.2, 0.25) is 0 Å². The Kier molecular flexibility index (Phi) is 14.7. The van der Waals surface area contributed by atoms with Gasteiger partial charge in [0.25, 0.3) is 0 Å². The third-order valence-electron chi connectivity index (χ3n) is 10.7. The lowest BCUT2D eigenvalue weighted by Crippen LogP contribution is -2.50. The highest BCUT2D eigenvalue weighted by Gasteiger charge is 2.52. The first kappa shape index (κ1) is 40.5. The van der Waals surface area contributed by atoms with Gasteiger partial charge in [-0.05, 0) is 97.3 Å². The molecule has 1 fully saturated rings. The first-order valence-electron chi connectivity index (χ1n) is 18.5. The average molecular weight is 683 g/mol. The molecule has 7 heteroatoms. The molecule has 49 heavy (non-hydrogen) atoms. The molecule has 0 bridgehead atoms. The van der Waals surface area contributed by atoms with Crippen LogP contribution in [0.15, 0.2) is 59.8 Å². The van der Waals surface area contributed by atoms with E-state index in [4.69, 9.17) is 5.41 Å². The van der Waals surface area contributed by atoms with Gasteiger partial charge in [-0.3, -0.25) is 15.0 Å². The Bertz CT molecular complexity index is 1360. The second-order valence-corrected chi connectivity index (χ2v) is 16.2. The minimum Gasteiger partial charge on any atom is -0.339 e. The molecule has 0 aliphatic heterocycles. The highest BCUT2D eigenvalue weighted by Crippen LogP contribution is 2.59. The molecule has 0 amide bonds. The van der Waals surface area contributed by atoms with Gasteiger partial charge in [-0.15, -0.1) is 0 Å². The summed E-state index contributed by atoms with van der Waals surface area (Å²) < 4.78 is 40.1. The van der Waals surface area contributed by atoms with Crippen LogP contribution in [0.5, 0.6) is 0 Å². The van der Waals surface area contributed by atoms with Crippen molar-refractivity contribution < 1.29 is 22.8 Å². The van der Waals surface area contributed by atoms with Gasteiger partial charge in [-0.2, -0.15) is 13.2 Å². The summed E-state index contributed by atoms with van der Waals surface area (Å²) in [5.41, 5.74) is 4.30. The van der Waals surface area contributed by atoms with Crippen LogP contribution in [-0.4, -0.2) is 36.0 Å². The molecule has 0 saturated heterocycles. The predicted molar refractivity (Wildman–Crippen MR) is 196 cm³/mol. The number of Topliss-reactive ketones (excluding diaryl/α,β-unsaturated/α-hetero) is 2. The van der Waals surface area contributed by atoms with E-state index < -0.39 is 18.5 Å². The van der Waals surface area contributed by atoms with Crippen LogP contribution in [0.25, 0.3) is 0 Å². The molecule has 2 aliphatic rings. The molecule has 0 spiro atoms. The maximum atomic E-state index is 13.6. The Morgan fingerprint density at radius 1 is 1.08 bits per heavy atom. The standard InChI is InChI=1S/C42H61F3N2O2/c1-30(2)14-9-8-10-15-31(3)35-22-20-34(26-42(43,44)45)21-23-39(49)37(25-35)38(48)19-12-11-16-33-17-13-18-36(24-33)41(27-40(5,6)28-41)32(4)47(7)29-46/h13,17-18,22,24-25,29-31,34,46H,4,8-12,14-16,19-21,23,26-28H2,1-3,5-7H3/b35-22+,37-25-,46-29?. The molecule has 0 aromatic heterocycles. The Labute approximate surface area is 294 Å². The minimum absolute atomic E-state index is 0.0349. The summed E-state index contributed by atoms with van der Waals surface area (Å²) in [6.07, 6.45) is 9.72. The van der Waals surface area contributed by atoms with Crippen LogP contribution in [0, 0.1) is 28.6 Å². The van der Waals surface area contributed by atoms with Crippen molar-refractivity contribution in [2.45, 2.75) is 143 Å². The lowest BCUT2D eigenvalue weighted by molar-refractivity contribution is -0.145. The number of aryl methyl sites for hydroxylation is 1. The predicted octanol–water partition coefficient (Wildman–Crippen LogP) is 11.5. The smallest absolute Gasteiger partial charge is 0.339 e. The van der Waals surface area contributed by atoms with Crippen molar-refractivity contribution in [3.63, 3.8) is 0 Å². The van der Waals surface area contributed by atoms with Crippen molar-refractivity contribution in [3.05, 3.63) is 71.0 Å². The number of carbonyl (C=O) groups is 2. The molecule has 1 aromatic rings. The molecule has 3 rings (SSSR count). The quantitative estimate of drug-likeness (QED) is 0.0725. The number of rotatable bonds is 18. The minimum atomic E-state index is -4.29. The van der Waals surface area contributed by atoms with E-state index in [2.05, 4.69) is 65.5 Å². The summed E-state index contributed by atoms with van der Waals surface area (Å²) >= 11 is 0. The third-order valence-corrected chi connectivity index (χ3v) is 10.7. The number of allylic oxidation sites excluding steroid dienone is 5. The Balaban J connectivity index is 1.68. The monoisotopic (exact) mass is 682 g/mol. The number of nitrogens with one attached hydrogen (secondary N) is 1. The molecule has 2 atom stereocenters. The number of ketones is 2. The van der Waals surface area contributed by atoms with E-state index >= 15 is 0 Å². The van der Waals surface area contributed by atoms with Crippen LogP contribution in [-0.2, 0) is 21.4 Å². The van der Waals surface area contributed by atoms with Gasteiger partial charge in [0.05, 0.1) is 11.9 Å². The van der Waals surface area contributed by atoms with Gasteiger partial charge in [-0.25, -0.2) is 0 Å². The van der Waals surface area contributed by atoms with Crippen molar-refractivity contribution in [1.82, 2.24) is 4.90 Å². The molecular formula is C42H61F3N2O2. The third kappa shape index (κ3) is 12.1. The zero-order valence-corrected chi connectivity index (χ0v) is 31.0. The number of likely N-dealkylation sites (N-methyl/N-ethyl adjacent to an activating group) is 1. The Hall–Kier alpha value is -2.96. The van der Waals surface area contributed by atoms with Crippen molar-refractivity contribution in [3.8, 4) is 0 Å². The second-order valence-electron chi connectivity index (χ2n) is 16.2. The highest BCUT2D eigenvalue weighted by atomic mass is 19.4. The van der Waals surface area contributed by atoms with Gasteiger partial charge in [-0.1, -0.05) is 97.2 Å². The van der Waals surface area contributed by atoms with Crippen molar-refractivity contribution in [2.24, 2.45) is 23.2 Å². The lowest BCUT2D eigenvalue weighted by atomic mass is 9.50. The number of benzene rings is 1. The average Bonchev–Trinajstić information content (AvgIpc) is 3.09. The number of unbranched alkanes of at least 4 members (excludes halogenated alkanes) is 3. The van der Waals surface area contributed by atoms with E-state index in [0.717, 1.165) is 62.6 Å². The fraction of sp³-hybridized carbons (Fsp3) is 0.643. The number of nitrogens with zero attached hydrogens (tertiary/aromatic N) is 1. The van der Waals surface area contributed by atoms with E-state index in [-0.39, 0.29) is 59.6 Å². The van der Waals surface area contributed by atoms with Gasteiger partial charge < -0.3 is 4.90 Å². The largest absolute Gasteiger partial charge is 0.389 e. The molecule has 2 aliphatic carbocycles. The fourth-order valence-electron chi connectivity index (χ4n) is 7.98.